The van der Waals surface area contributed by atoms with Gasteiger partial charge in [0.25, 0.3) is 0 Å². The van der Waals surface area contributed by atoms with Gasteiger partial charge < -0.3 is 11.1 Å². The molecule has 0 saturated carbocycles. The highest BCUT2D eigenvalue weighted by molar-refractivity contribution is 6.30. The van der Waals surface area contributed by atoms with Crippen LogP contribution in [0.25, 0.3) is 0 Å². The van der Waals surface area contributed by atoms with Gasteiger partial charge in [0.2, 0.25) is 5.91 Å². The first-order valence-corrected chi connectivity index (χ1v) is 5.83. The van der Waals surface area contributed by atoms with Crippen LogP contribution < -0.4 is 11.1 Å². The molecule has 0 bridgehead atoms. The van der Waals surface area contributed by atoms with Crippen molar-refractivity contribution in [1.82, 2.24) is 5.32 Å². The highest BCUT2D eigenvalue weighted by Gasteiger charge is 2.46. The van der Waals surface area contributed by atoms with Crippen LogP contribution >= 0.6 is 11.6 Å². The maximum atomic E-state index is 14.6. The summed E-state index contributed by atoms with van der Waals surface area (Å²) in [5.74, 6) is -1.32. The Kier molecular flexibility index (Phi) is 3.54. The maximum absolute atomic E-state index is 14.6. The van der Waals surface area contributed by atoms with E-state index in [-0.39, 0.29) is 11.4 Å². The fraction of sp³-hybridized carbons (Fsp3) is 0.333. The molecule has 6 heteroatoms. The van der Waals surface area contributed by atoms with E-state index >= 15 is 0 Å². The summed E-state index contributed by atoms with van der Waals surface area (Å²) in [6.07, 6.45) is 1.39. The summed E-state index contributed by atoms with van der Waals surface area (Å²) in [4.78, 5) is 11.1. The van der Waals surface area contributed by atoms with Gasteiger partial charge in [-0.15, -0.1) is 0 Å². The predicted octanol–water partition coefficient (Wildman–Crippen LogP) is 1.59. The van der Waals surface area contributed by atoms with Crippen molar-refractivity contribution in [3.63, 3.8) is 0 Å². The number of primary amides is 1. The van der Waals surface area contributed by atoms with E-state index in [1.54, 1.807) is 0 Å². The average Bonchev–Trinajstić information content (AvgIpc) is 2.66. The molecule has 1 heterocycles. The lowest BCUT2D eigenvalue weighted by atomic mass is 9.89. The zero-order valence-electron chi connectivity index (χ0n) is 9.42. The topological polar surface area (TPSA) is 55.1 Å². The summed E-state index contributed by atoms with van der Waals surface area (Å²) in [5.41, 5.74) is 3.68. The summed E-state index contributed by atoms with van der Waals surface area (Å²) in [7, 11) is 0. The Morgan fingerprint density at radius 2 is 2.33 bits per heavy atom. The summed E-state index contributed by atoms with van der Waals surface area (Å²) in [6, 6.07) is 2.80. The van der Waals surface area contributed by atoms with Crippen molar-refractivity contribution < 1.29 is 13.6 Å². The van der Waals surface area contributed by atoms with Gasteiger partial charge in [-0.05, 0) is 30.7 Å². The summed E-state index contributed by atoms with van der Waals surface area (Å²) >= 11 is 5.62. The van der Waals surface area contributed by atoms with E-state index in [0.29, 0.717) is 12.1 Å². The molecule has 3 N–H and O–H groups in total. The van der Waals surface area contributed by atoms with E-state index in [0.717, 1.165) is 6.07 Å². The van der Waals surface area contributed by atoms with Crippen LogP contribution in [0, 0.1) is 12.2 Å². The van der Waals surface area contributed by atoms with E-state index in [2.05, 4.69) is 5.32 Å². The third kappa shape index (κ3) is 2.47. The molecule has 1 aromatic rings. The van der Waals surface area contributed by atoms with Crippen molar-refractivity contribution in [2.45, 2.75) is 18.1 Å². The minimum absolute atomic E-state index is 0.0890. The second kappa shape index (κ2) is 4.82. The summed E-state index contributed by atoms with van der Waals surface area (Å²) in [5, 5.41) is 2.62. The number of amides is 1. The fourth-order valence-corrected chi connectivity index (χ4v) is 2.28. The van der Waals surface area contributed by atoms with E-state index in [9.17, 15) is 13.6 Å². The van der Waals surface area contributed by atoms with Gasteiger partial charge in [0.15, 0.2) is 0 Å². The largest absolute Gasteiger partial charge is 0.368 e. The minimum atomic E-state index is -1.87. The molecule has 0 aromatic heterocycles. The second-order valence-corrected chi connectivity index (χ2v) is 4.69. The van der Waals surface area contributed by atoms with Crippen molar-refractivity contribution in [3.8, 4) is 0 Å². The van der Waals surface area contributed by atoms with Crippen LogP contribution in [0.15, 0.2) is 18.2 Å². The van der Waals surface area contributed by atoms with Crippen LogP contribution in [0.2, 0.25) is 5.02 Å². The Bertz CT molecular complexity index is 483. The first kappa shape index (κ1) is 13.2. The van der Waals surface area contributed by atoms with Gasteiger partial charge in [0.1, 0.15) is 17.5 Å². The quantitative estimate of drug-likeness (QED) is 0.879. The molecule has 3 nitrogen and oxygen atoms in total. The number of hydrogen-bond acceptors (Lipinski definition) is 2. The van der Waals surface area contributed by atoms with Crippen molar-refractivity contribution >= 4 is 17.5 Å². The van der Waals surface area contributed by atoms with Crippen molar-refractivity contribution in [3.05, 3.63) is 41.0 Å². The summed E-state index contributed by atoms with van der Waals surface area (Å²) < 4.78 is 27.6. The highest BCUT2D eigenvalue weighted by atomic mass is 35.5. The molecule has 18 heavy (non-hydrogen) atoms. The fourth-order valence-electron chi connectivity index (χ4n) is 2.09. The van der Waals surface area contributed by atoms with Gasteiger partial charge in [0, 0.05) is 6.42 Å². The molecule has 1 fully saturated rings. The van der Waals surface area contributed by atoms with E-state index in [1.165, 1.54) is 18.6 Å². The van der Waals surface area contributed by atoms with Gasteiger partial charge >= 0.3 is 0 Å². The van der Waals surface area contributed by atoms with Crippen molar-refractivity contribution in [2.24, 2.45) is 5.73 Å². The number of alkyl halides is 1. The second-order valence-electron chi connectivity index (χ2n) is 4.28. The number of nitrogens with two attached hydrogens (primary N) is 1. The maximum Gasteiger partial charge on any atom is 0.237 e. The zero-order valence-corrected chi connectivity index (χ0v) is 10.2. The third-order valence-corrected chi connectivity index (χ3v) is 3.26. The molecule has 1 aromatic carbocycles. The van der Waals surface area contributed by atoms with Crippen LogP contribution in [-0.2, 0) is 4.79 Å². The number of carbonyl (C=O) groups is 1. The molecular formula is C12H12ClF2N2O. The SMILES string of the molecule is NC(=O)[C@H]1NCC[C@]1(F)[CH]c1ccc(F)c(Cl)c1. The van der Waals surface area contributed by atoms with Crippen LogP contribution in [0.1, 0.15) is 12.0 Å². The number of rotatable bonds is 3. The van der Waals surface area contributed by atoms with Crippen LogP contribution in [0.3, 0.4) is 0 Å². The van der Waals surface area contributed by atoms with E-state index < -0.39 is 23.4 Å². The Morgan fingerprint density at radius 3 is 2.94 bits per heavy atom. The molecule has 0 spiro atoms. The van der Waals surface area contributed by atoms with Gasteiger partial charge in [0.05, 0.1) is 5.02 Å². The van der Waals surface area contributed by atoms with Gasteiger partial charge in [-0.1, -0.05) is 17.7 Å². The molecular weight excluding hydrogens is 262 g/mol. The monoisotopic (exact) mass is 273 g/mol. The summed E-state index contributed by atoms with van der Waals surface area (Å²) in [6.45, 7) is 0.357. The lowest BCUT2D eigenvalue weighted by molar-refractivity contribution is -0.121. The molecule has 97 valence electrons. The molecule has 1 saturated heterocycles. The van der Waals surface area contributed by atoms with E-state index in [1.807, 2.05) is 0 Å². The molecule has 1 amide bonds. The molecule has 1 aliphatic rings. The molecule has 0 aliphatic carbocycles. The Labute approximate surface area is 108 Å². The van der Waals surface area contributed by atoms with Crippen molar-refractivity contribution in [2.75, 3.05) is 6.54 Å². The molecule has 1 aliphatic heterocycles. The first-order chi connectivity index (χ1) is 8.42. The van der Waals surface area contributed by atoms with Gasteiger partial charge in [-0.25, -0.2) is 8.78 Å². The normalized spacial score (nSPS) is 27.4. The number of benzene rings is 1. The van der Waals surface area contributed by atoms with Gasteiger partial charge in [-0.2, -0.15) is 0 Å². The molecule has 0 unspecified atom stereocenters. The van der Waals surface area contributed by atoms with Crippen LogP contribution in [0.5, 0.6) is 0 Å². The smallest absolute Gasteiger partial charge is 0.237 e. The standard InChI is InChI=1S/C12H12ClF2N2O/c13-8-5-7(1-2-9(8)14)6-12(15)3-4-17-10(12)11(16)18/h1-2,5-6,10,17H,3-4H2,(H2,16,18)/t10-,12+/m1/s1. The first-order valence-electron chi connectivity index (χ1n) is 5.45. The predicted molar refractivity (Wildman–Crippen MR) is 64.3 cm³/mol. The lowest BCUT2D eigenvalue weighted by Gasteiger charge is -2.24. The van der Waals surface area contributed by atoms with Crippen molar-refractivity contribution in [1.29, 1.82) is 0 Å². The zero-order chi connectivity index (χ0) is 13.3. The Hall–Kier alpha value is -1.20. The minimum Gasteiger partial charge on any atom is -0.368 e. The molecule has 1 radical (unpaired) electrons. The Morgan fingerprint density at radius 1 is 1.61 bits per heavy atom. The van der Waals surface area contributed by atoms with Gasteiger partial charge in [-0.3, -0.25) is 4.79 Å². The Balaban J connectivity index is 2.21. The number of nitrogens with one attached hydrogen (secondary N) is 1. The molecule has 2 atom stereocenters. The van der Waals surface area contributed by atoms with Crippen LogP contribution in [0.4, 0.5) is 8.78 Å². The number of carbonyl (C=O) groups excluding carboxylic acids is 1. The lowest BCUT2D eigenvalue weighted by Crippen LogP contribution is -2.49. The number of hydrogen-bond donors (Lipinski definition) is 2. The average molecular weight is 274 g/mol. The molecule has 2 rings (SSSR count). The highest BCUT2D eigenvalue weighted by Crippen LogP contribution is 2.32. The van der Waals surface area contributed by atoms with E-state index in [4.69, 9.17) is 17.3 Å². The third-order valence-electron chi connectivity index (χ3n) is 2.97. The number of halogens is 3. The van der Waals surface area contributed by atoms with Crippen LogP contribution in [-0.4, -0.2) is 24.2 Å².